The Bertz CT molecular complexity index is 742. The maximum atomic E-state index is 13.2. The molecule has 28 heavy (non-hydrogen) atoms. The van der Waals surface area contributed by atoms with E-state index in [1.54, 1.807) is 12.0 Å². The number of carbonyl (C=O) groups excluding carboxylic acids is 1. The SMILES string of the molecule is COc1ccc(C)c([C@H]2N(C(=O)OC(C)(C)C)CC(C)(C)[C@@]2(O)C(C)(C)C)c1. The van der Waals surface area contributed by atoms with Crippen molar-refractivity contribution in [3.63, 3.8) is 0 Å². The van der Waals surface area contributed by atoms with Gasteiger partial charge in [-0.1, -0.05) is 40.7 Å². The summed E-state index contributed by atoms with van der Waals surface area (Å²) in [4.78, 5) is 14.9. The second kappa shape index (κ2) is 6.94. The van der Waals surface area contributed by atoms with Crippen LogP contribution in [0.5, 0.6) is 5.75 Å². The van der Waals surface area contributed by atoms with E-state index in [1.807, 2.05) is 80.5 Å². The highest BCUT2D eigenvalue weighted by Gasteiger charge is 2.65. The number of nitrogens with zero attached hydrogens (tertiary/aromatic N) is 1. The Morgan fingerprint density at radius 3 is 2.21 bits per heavy atom. The van der Waals surface area contributed by atoms with E-state index >= 15 is 0 Å². The van der Waals surface area contributed by atoms with Crippen LogP contribution >= 0.6 is 0 Å². The van der Waals surface area contributed by atoms with Crippen LogP contribution in [0.2, 0.25) is 0 Å². The minimum atomic E-state index is -1.17. The number of rotatable bonds is 2. The van der Waals surface area contributed by atoms with Gasteiger partial charge in [-0.3, -0.25) is 4.90 Å². The molecule has 5 heteroatoms. The van der Waals surface area contributed by atoms with Crippen molar-refractivity contribution < 1.29 is 19.4 Å². The second-order valence-electron chi connectivity index (χ2n) is 10.6. The number of hydrogen-bond acceptors (Lipinski definition) is 4. The number of amides is 1. The van der Waals surface area contributed by atoms with Crippen LogP contribution in [-0.2, 0) is 4.74 Å². The van der Waals surface area contributed by atoms with E-state index in [0.29, 0.717) is 12.3 Å². The van der Waals surface area contributed by atoms with Crippen molar-refractivity contribution in [3.8, 4) is 5.75 Å². The van der Waals surface area contributed by atoms with Gasteiger partial charge in [-0.15, -0.1) is 0 Å². The van der Waals surface area contributed by atoms with Gasteiger partial charge in [-0.05, 0) is 56.4 Å². The van der Waals surface area contributed by atoms with E-state index in [1.165, 1.54) is 0 Å². The van der Waals surface area contributed by atoms with Crippen LogP contribution in [0.25, 0.3) is 0 Å². The summed E-state index contributed by atoms with van der Waals surface area (Å²) in [6.45, 7) is 18.1. The van der Waals surface area contributed by atoms with Gasteiger partial charge >= 0.3 is 6.09 Å². The smallest absolute Gasteiger partial charge is 0.410 e. The van der Waals surface area contributed by atoms with Gasteiger partial charge in [0.15, 0.2) is 0 Å². The maximum Gasteiger partial charge on any atom is 0.410 e. The molecule has 0 aliphatic carbocycles. The normalized spacial score (nSPS) is 25.0. The number of likely N-dealkylation sites (tertiary alicyclic amines) is 1. The Morgan fingerprint density at radius 1 is 1.18 bits per heavy atom. The van der Waals surface area contributed by atoms with Gasteiger partial charge in [0.25, 0.3) is 0 Å². The molecule has 1 aliphatic rings. The van der Waals surface area contributed by atoms with E-state index in [4.69, 9.17) is 9.47 Å². The predicted molar refractivity (Wildman–Crippen MR) is 112 cm³/mol. The fourth-order valence-corrected chi connectivity index (χ4v) is 4.58. The first-order chi connectivity index (χ1) is 12.5. The van der Waals surface area contributed by atoms with Gasteiger partial charge in [0.2, 0.25) is 0 Å². The molecular formula is C23H37NO4. The van der Waals surface area contributed by atoms with E-state index in [9.17, 15) is 9.90 Å². The van der Waals surface area contributed by atoms with E-state index in [-0.39, 0.29) is 0 Å². The summed E-state index contributed by atoms with van der Waals surface area (Å²) in [5, 5.41) is 12.2. The lowest BCUT2D eigenvalue weighted by atomic mass is 9.60. The molecule has 1 N–H and O–H groups in total. The van der Waals surface area contributed by atoms with E-state index < -0.39 is 34.2 Å². The van der Waals surface area contributed by atoms with Crippen molar-refractivity contribution in [2.45, 2.75) is 79.6 Å². The van der Waals surface area contributed by atoms with Crippen LogP contribution in [-0.4, -0.2) is 41.0 Å². The highest BCUT2D eigenvalue weighted by Crippen LogP contribution is 2.59. The predicted octanol–water partition coefficient (Wildman–Crippen LogP) is 5.10. The molecule has 1 saturated heterocycles. The minimum Gasteiger partial charge on any atom is -0.497 e. The molecule has 1 aliphatic heterocycles. The zero-order valence-electron chi connectivity index (χ0n) is 19.1. The van der Waals surface area contributed by atoms with Crippen molar-refractivity contribution in [2.75, 3.05) is 13.7 Å². The summed E-state index contributed by atoms with van der Waals surface area (Å²) in [7, 11) is 1.62. The van der Waals surface area contributed by atoms with Gasteiger partial charge in [-0.2, -0.15) is 0 Å². The third-order valence-corrected chi connectivity index (χ3v) is 5.86. The minimum absolute atomic E-state index is 0.400. The van der Waals surface area contributed by atoms with Gasteiger partial charge in [0, 0.05) is 12.0 Å². The average Bonchev–Trinajstić information content (AvgIpc) is 2.74. The van der Waals surface area contributed by atoms with Crippen LogP contribution < -0.4 is 4.74 Å². The van der Waals surface area contributed by atoms with Gasteiger partial charge in [0.1, 0.15) is 17.0 Å². The first kappa shape index (κ1) is 22.5. The number of ether oxygens (including phenoxy) is 2. The molecule has 0 radical (unpaired) electrons. The highest BCUT2D eigenvalue weighted by molar-refractivity contribution is 5.70. The first-order valence-electron chi connectivity index (χ1n) is 9.92. The molecule has 1 aromatic rings. The van der Waals surface area contributed by atoms with Crippen molar-refractivity contribution in [1.82, 2.24) is 4.90 Å². The lowest BCUT2D eigenvalue weighted by molar-refractivity contribution is -0.139. The zero-order valence-corrected chi connectivity index (χ0v) is 19.1. The Morgan fingerprint density at radius 2 is 1.75 bits per heavy atom. The molecular weight excluding hydrogens is 354 g/mol. The third kappa shape index (κ3) is 3.73. The van der Waals surface area contributed by atoms with Crippen molar-refractivity contribution >= 4 is 6.09 Å². The fourth-order valence-electron chi connectivity index (χ4n) is 4.58. The standard InChI is InChI=1S/C23H37NO4/c1-15-11-12-16(27-10)13-17(15)18-23(26,20(2,3)4)22(8,9)14-24(18)19(25)28-21(5,6)7/h11-13,18,26H,14H2,1-10H3/t18-,23+/m1/s1. The number of aliphatic hydroxyl groups is 1. The zero-order chi connectivity index (χ0) is 21.7. The fraction of sp³-hybridized carbons (Fsp3) is 0.696. The molecule has 158 valence electrons. The number of hydrogen-bond donors (Lipinski definition) is 1. The van der Waals surface area contributed by atoms with Gasteiger partial charge in [0.05, 0.1) is 13.2 Å². The Hall–Kier alpha value is -1.75. The quantitative estimate of drug-likeness (QED) is 0.762. The molecule has 1 aromatic carbocycles. The summed E-state index contributed by atoms with van der Waals surface area (Å²) < 4.78 is 11.1. The molecule has 1 fully saturated rings. The summed E-state index contributed by atoms with van der Waals surface area (Å²) in [6.07, 6.45) is -0.409. The number of aryl methyl sites for hydroxylation is 1. The Kier molecular flexibility index (Phi) is 5.59. The Labute approximate surface area is 170 Å². The van der Waals surface area contributed by atoms with Crippen LogP contribution in [0, 0.1) is 17.8 Å². The number of carbonyl (C=O) groups is 1. The summed E-state index contributed by atoms with van der Waals surface area (Å²) in [6, 6.07) is 5.24. The third-order valence-electron chi connectivity index (χ3n) is 5.86. The lowest BCUT2D eigenvalue weighted by Crippen LogP contribution is -2.55. The number of benzene rings is 1. The van der Waals surface area contributed by atoms with Crippen molar-refractivity contribution in [3.05, 3.63) is 29.3 Å². The van der Waals surface area contributed by atoms with Gasteiger partial charge < -0.3 is 14.6 Å². The van der Waals surface area contributed by atoms with Gasteiger partial charge in [-0.25, -0.2) is 4.79 Å². The molecule has 0 spiro atoms. The molecule has 1 heterocycles. The summed E-state index contributed by atoms with van der Waals surface area (Å²) >= 11 is 0. The summed E-state index contributed by atoms with van der Waals surface area (Å²) in [5.41, 5.74) is -0.922. The molecule has 0 saturated carbocycles. The Balaban J connectivity index is 2.72. The van der Waals surface area contributed by atoms with Crippen molar-refractivity contribution in [2.24, 2.45) is 10.8 Å². The average molecular weight is 392 g/mol. The molecule has 5 nitrogen and oxygen atoms in total. The van der Waals surface area contributed by atoms with Crippen LogP contribution in [0.15, 0.2) is 18.2 Å². The molecule has 2 rings (SSSR count). The molecule has 0 bridgehead atoms. The van der Waals surface area contributed by atoms with E-state index in [2.05, 4.69) is 0 Å². The van der Waals surface area contributed by atoms with Crippen molar-refractivity contribution in [1.29, 1.82) is 0 Å². The molecule has 0 unspecified atom stereocenters. The largest absolute Gasteiger partial charge is 0.497 e. The highest BCUT2D eigenvalue weighted by atomic mass is 16.6. The first-order valence-corrected chi connectivity index (χ1v) is 9.92. The lowest BCUT2D eigenvalue weighted by Gasteiger charge is -2.49. The monoisotopic (exact) mass is 391 g/mol. The summed E-state index contributed by atoms with van der Waals surface area (Å²) in [5.74, 6) is 0.700. The van der Waals surface area contributed by atoms with Crippen LogP contribution in [0.4, 0.5) is 4.79 Å². The number of methoxy groups -OCH3 is 1. The maximum absolute atomic E-state index is 13.2. The second-order valence-corrected chi connectivity index (χ2v) is 10.6. The van der Waals surface area contributed by atoms with E-state index in [0.717, 1.165) is 11.1 Å². The topological polar surface area (TPSA) is 59.0 Å². The molecule has 1 amide bonds. The van der Waals surface area contributed by atoms with Crippen LogP contribution in [0.1, 0.15) is 72.6 Å². The van der Waals surface area contributed by atoms with Crippen LogP contribution in [0.3, 0.4) is 0 Å². The molecule has 2 atom stereocenters. The molecule has 0 aromatic heterocycles.